The zero-order valence-corrected chi connectivity index (χ0v) is 20.0. The fourth-order valence-electron chi connectivity index (χ4n) is 5.64. The van der Waals surface area contributed by atoms with Crippen LogP contribution in [0.15, 0.2) is 11.2 Å². The van der Waals surface area contributed by atoms with E-state index < -0.39 is 10.0 Å². The number of anilines is 2. The molecule has 2 heterocycles. The van der Waals surface area contributed by atoms with E-state index in [1.165, 1.54) is 35.1 Å². The average Bonchev–Trinajstić information content (AvgIpc) is 3.58. The van der Waals surface area contributed by atoms with E-state index in [4.69, 9.17) is 0 Å². The van der Waals surface area contributed by atoms with E-state index in [1.54, 1.807) is 4.31 Å². The van der Waals surface area contributed by atoms with Gasteiger partial charge in [0, 0.05) is 25.3 Å². The molecule has 2 N–H and O–H groups in total. The van der Waals surface area contributed by atoms with Crippen LogP contribution in [0.1, 0.15) is 55.4 Å². The third-order valence-electron chi connectivity index (χ3n) is 7.43. The first kappa shape index (κ1) is 21.9. The van der Waals surface area contributed by atoms with Crippen molar-refractivity contribution in [1.29, 1.82) is 0 Å². The highest BCUT2D eigenvalue weighted by Gasteiger charge is 2.35. The molecule has 0 amide bonds. The molecule has 2 aliphatic carbocycles. The lowest BCUT2D eigenvalue weighted by Crippen LogP contribution is -2.33. The van der Waals surface area contributed by atoms with Crippen LogP contribution in [0, 0.1) is 5.92 Å². The summed E-state index contributed by atoms with van der Waals surface area (Å²) >= 11 is 0. The highest BCUT2D eigenvalue weighted by Crippen LogP contribution is 2.39. The van der Waals surface area contributed by atoms with Gasteiger partial charge in [0.1, 0.15) is 0 Å². The maximum atomic E-state index is 13.2. The van der Waals surface area contributed by atoms with Crippen molar-refractivity contribution in [2.75, 3.05) is 38.0 Å². The van der Waals surface area contributed by atoms with Crippen molar-refractivity contribution in [3.05, 3.63) is 28.3 Å². The van der Waals surface area contributed by atoms with E-state index in [1.807, 2.05) is 0 Å². The van der Waals surface area contributed by atoms with Crippen molar-refractivity contribution in [3.8, 4) is 0 Å². The Balaban J connectivity index is 1.33. The number of fused-ring (bicyclic) bond motifs is 2. The Kier molecular flexibility index (Phi) is 5.98. The van der Waals surface area contributed by atoms with Crippen LogP contribution in [0.25, 0.3) is 0 Å². The second-order valence-electron chi connectivity index (χ2n) is 9.34. The van der Waals surface area contributed by atoms with Crippen molar-refractivity contribution < 1.29 is 8.42 Å². The van der Waals surface area contributed by atoms with Gasteiger partial charge in [-0.2, -0.15) is 4.31 Å². The lowest BCUT2D eigenvalue weighted by molar-refractivity contribution is 0.256. The van der Waals surface area contributed by atoms with Gasteiger partial charge >= 0.3 is 0 Å². The largest absolute Gasteiger partial charge is 0.324 e. The molecule has 3 aliphatic rings. The molecule has 1 fully saturated rings. The van der Waals surface area contributed by atoms with Gasteiger partial charge in [0.15, 0.2) is 0 Å². The third-order valence-corrected chi connectivity index (χ3v) is 9.11. The molecule has 0 bridgehead atoms. The topological polar surface area (TPSA) is 94.2 Å². The zero-order valence-electron chi connectivity index (χ0n) is 19.2. The fraction of sp³-hybridized carbons (Fsp3) is 0.652. The molecule has 174 valence electrons. The number of aryl methyl sites for hydroxylation is 2. The molecule has 1 aliphatic heterocycles. The van der Waals surface area contributed by atoms with Crippen molar-refractivity contribution in [1.82, 2.24) is 24.4 Å². The van der Waals surface area contributed by atoms with Gasteiger partial charge in [0.25, 0.3) is 15.2 Å². The Morgan fingerprint density at radius 1 is 1.09 bits per heavy atom. The number of nitrogens with zero attached hydrogens (tertiary/aromatic N) is 4. The summed E-state index contributed by atoms with van der Waals surface area (Å²) in [5, 5.41) is 11.5. The summed E-state index contributed by atoms with van der Waals surface area (Å²) < 4.78 is 28.0. The number of aromatic nitrogens is 3. The molecule has 9 heteroatoms. The lowest BCUT2D eigenvalue weighted by Gasteiger charge is -2.22. The fourth-order valence-corrected chi connectivity index (χ4v) is 7.01. The Morgan fingerprint density at radius 3 is 2.44 bits per heavy atom. The van der Waals surface area contributed by atoms with E-state index in [9.17, 15) is 8.42 Å². The normalized spacial score (nSPS) is 20.8. The number of H-pyrrole nitrogens is 1. The minimum absolute atomic E-state index is 0.0623. The molecule has 1 aromatic carbocycles. The zero-order chi connectivity index (χ0) is 22.3. The molecule has 32 heavy (non-hydrogen) atoms. The van der Waals surface area contributed by atoms with Crippen molar-refractivity contribution in [3.63, 3.8) is 0 Å². The molecule has 0 spiro atoms. The molecular formula is C23H34N6O2S. The summed E-state index contributed by atoms with van der Waals surface area (Å²) in [7, 11) is -3.67. The van der Waals surface area contributed by atoms with E-state index in [-0.39, 0.29) is 5.16 Å². The predicted octanol–water partition coefficient (Wildman–Crippen LogP) is 2.88. The first-order valence-electron chi connectivity index (χ1n) is 12.1. The van der Waals surface area contributed by atoms with Crippen molar-refractivity contribution in [2.24, 2.45) is 5.92 Å². The number of benzene rings is 1. The van der Waals surface area contributed by atoms with E-state index in [0.717, 1.165) is 57.4 Å². The second kappa shape index (κ2) is 8.76. The Morgan fingerprint density at radius 2 is 1.78 bits per heavy atom. The molecule has 1 aromatic heterocycles. The maximum Gasteiger partial charge on any atom is 0.278 e. The minimum Gasteiger partial charge on any atom is -0.324 e. The predicted molar refractivity (Wildman–Crippen MR) is 125 cm³/mol. The Bertz CT molecular complexity index is 1060. The summed E-state index contributed by atoms with van der Waals surface area (Å²) in [5.41, 5.74) is 6.72. The summed E-state index contributed by atoms with van der Waals surface area (Å²) in [4.78, 5) is 5.32. The van der Waals surface area contributed by atoms with Gasteiger partial charge in [0.05, 0.1) is 0 Å². The van der Waals surface area contributed by atoms with Gasteiger partial charge in [0.2, 0.25) is 5.95 Å². The molecule has 0 saturated carbocycles. The molecule has 1 unspecified atom stereocenters. The van der Waals surface area contributed by atoms with Crippen LogP contribution in [0.5, 0.6) is 0 Å². The number of aromatic amines is 1. The molecule has 5 rings (SSSR count). The lowest BCUT2D eigenvalue weighted by atomic mass is 9.99. The molecular weight excluding hydrogens is 424 g/mol. The highest BCUT2D eigenvalue weighted by atomic mass is 32.2. The average molecular weight is 459 g/mol. The SMILES string of the molecule is CCN(CC)CC1CCN(S(=O)(=O)c2nnc(Nc3c4c(cc5c3CCC5)CCC4)[nH]2)C1. The summed E-state index contributed by atoms with van der Waals surface area (Å²) in [6, 6.07) is 2.38. The summed E-state index contributed by atoms with van der Waals surface area (Å²) in [6.07, 6.45) is 7.60. The number of nitrogens with one attached hydrogen (secondary N) is 2. The van der Waals surface area contributed by atoms with Crippen LogP contribution in [0.2, 0.25) is 0 Å². The first-order valence-corrected chi connectivity index (χ1v) is 13.5. The van der Waals surface area contributed by atoms with E-state index in [0.29, 0.717) is 25.0 Å². The molecule has 1 saturated heterocycles. The number of sulfonamides is 1. The van der Waals surface area contributed by atoms with Gasteiger partial charge in [-0.3, -0.25) is 4.98 Å². The third kappa shape index (κ3) is 3.95. The van der Waals surface area contributed by atoms with Crippen LogP contribution in [-0.2, 0) is 35.7 Å². The van der Waals surface area contributed by atoms with Crippen molar-refractivity contribution >= 4 is 21.7 Å². The maximum absolute atomic E-state index is 13.2. The molecule has 8 nitrogen and oxygen atoms in total. The quantitative estimate of drug-likeness (QED) is 0.632. The van der Waals surface area contributed by atoms with Crippen LogP contribution < -0.4 is 5.32 Å². The molecule has 0 radical (unpaired) electrons. The van der Waals surface area contributed by atoms with Crippen LogP contribution in [-0.4, -0.2) is 65.5 Å². The smallest absolute Gasteiger partial charge is 0.278 e. The molecule has 2 aromatic rings. The van der Waals surface area contributed by atoms with Gasteiger partial charge in [-0.25, -0.2) is 8.42 Å². The van der Waals surface area contributed by atoms with Gasteiger partial charge in [-0.05, 0) is 86.2 Å². The summed E-state index contributed by atoms with van der Waals surface area (Å²) in [5.74, 6) is 0.775. The highest BCUT2D eigenvalue weighted by molar-refractivity contribution is 7.89. The van der Waals surface area contributed by atoms with E-state index in [2.05, 4.69) is 45.3 Å². The number of rotatable bonds is 8. The minimum atomic E-state index is -3.67. The summed E-state index contributed by atoms with van der Waals surface area (Å²) in [6.45, 7) is 8.29. The van der Waals surface area contributed by atoms with Crippen molar-refractivity contribution in [2.45, 2.75) is 63.9 Å². The number of hydrogen-bond acceptors (Lipinski definition) is 6. The Labute approximate surface area is 190 Å². The number of hydrogen-bond donors (Lipinski definition) is 2. The molecule has 1 atom stereocenters. The van der Waals surface area contributed by atoms with Gasteiger partial charge < -0.3 is 10.2 Å². The van der Waals surface area contributed by atoms with Crippen LogP contribution in [0.4, 0.5) is 11.6 Å². The van der Waals surface area contributed by atoms with Gasteiger partial charge in [-0.1, -0.05) is 19.9 Å². The van der Waals surface area contributed by atoms with Crippen LogP contribution >= 0.6 is 0 Å². The first-order chi connectivity index (χ1) is 15.5. The van der Waals surface area contributed by atoms with E-state index >= 15 is 0 Å². The van der Waals surface area contributed by atoms with Crippen LogP contribution in [0.3, 0.4) is 0 Å². The monoisotopic (exact) mass is 458 g/mol. The van der Waals surface area contributed by atoms with Gasteiger partial charge in [-0.15, -0.1) is 10.2 Å². The second-order valence-corrected chi connectivity index (χ2v) is 11.2. The standard InChI is InChI=1S/C23H34N6O2S/c1-3-28(4-2)14-16-11-12-29(15-16)32(30,31)23-25-22(26-27-23)24-21-19-9-5-7-17(19)13-18-8-6-10-20(18)21/h13,16H,3-12,14-15H2,1-2H3,(H2,24,25,26,27). The Hall–Kier alpha value is -1.97.